The fourth-order valence-electron chi connectivity index (χ4n) is 2.39. The molecular formula is C14H23N3. The Morgan fingerprint density at radius 1 is 1.53 bits per heavy atom. The highest BCUT2D eigenvalue weighted by atomic mass is 15.1. The van der Waals surface area contributed by atoms with Gasteiger partial charge in [0.2, 0.25) is 0 Å². The molecule has 1 aliphatic rings. The summed E-state index contributed by atoms with van der Waals surface area (Å²) >= 11 is 0. The molecule has 1 fully saturated rings. The molecule has 1 atom stereocenters. The van der Waals surface area contributed by atoms with Crippen LogP contribution in [0.15, 0.2) is 18.3 Å². The highest BCUT2D eigenvalue weighted by Crippen LogP contribution is 2.24. The summed E-state index contributed by atoms with van der Waals surface area (Å²) < 4.78 is 0. The minimum Gasteiger partial charge on any atom is -0.371 e. The SMILES string of the molecule is CCCNc1cc(N2CCCC(C)C2)ccn1. The monoisotopic (exact) mass is 233 g/mol. The molecule has 1 aromatic rings. The number of anilines is 2. The van der Waals surface area contributed by atoms with Crippen LogP contribution in [0.1, 0.15) is 33.1 Å². The lowest BCUT2D eigenvalue weighted by Crippen LogP contribution is -2.34. The summed E-state index contributed by atoms with van der Waals surface area (Å²) in [6.07, 6.45) is 5.71. The summed E-state index contributed by atoms with van der Waals surface area (Å²) in [6, 6.07) is 4.29. The van der Waals surface area contributed by atoms with E-state index in [1.165, 1.54) is 31.6 Å². The van der Waals surface area contributed by atoms with E-state index in [2.05, 4.69) is 41.2 Å². The van der Waals surface area contributed by atoms with Crippen molar-refractivity contribution in [1.29, 1.82) is 0 Å². The Morgan fingerprint density at radius 3 is 3.18 bits per heavy atom. The molecule has 0 amide bonds. The van der Waals surface area contributed by atoms with Crippen LogP contribution in [-0.4, -0.2) is 24.6 Å². The second-order valence-electron chi connectivity index (χ2n) is 5.02. The summed E-state index contributed by atoms with van der Waals surface area (Å²) in [5.74, 6) is 1.81. The van der Waals surface area contributed by atoms with Crippen molar-refractivity contribution in [1.82, 2.24) is 4.98 Å². The highest BCUT2D eigenvalue weighted by molar-refractivity contribution is 5.54. The highest BCUT2D eigenvalue weighted by Gasteiger charge is 2.16. The number of piperidine rings is 1. The number of nitrogens with zero attached hydrogens (tertiary/aromatic N) is 2. The van der Waals surface area contributed by atoms with Gasteiger partial charge in [-0.25, -0.2) is 4.98 Å². The first-order valence-corrected chi connectivity index (χ1v) is 6.74. The predicted octanol–water partition coefficient (Wildman–Crippen LogP) is 3.14. The zero-order chi connectivity index (χ0) is 12.1. The fourth-order valence-corrected chi connectivity index (χ4v) is 2.39. The van der Waals surface area contributed by atoms with Gasteiger partial charge in [0.1, 0.15) is 5.82 Å². The molecule has 1 unspecified atom stereocenters. The third-order valence-corrected chi connectivity index (χ3v) is 3.32. The summed E-state index contributed by atoms with van der Waals surface area (Å²) in [7, 11) is 0. The first kappa shape index (κ1) is 12.2. The lowest BCUT2D eigenvalue weighted by molar-refractivity contribution is 0.447. The molecule has 1 N–H and O–H groups in total. The molecule has 1 aromatic heterocycles. The summed E-state index contributed by atoms with van der Waals surface area (Å²) in [5, 5.41) is 3.35. The Kier molecular flexibility index (Phi) is 4.24. The van der Waals surface area contributed by atoms with Gasteiger partial charge >= 0.3 is 0 Å². The zero-order valence-electron chi connectivity index (χ0n) is 10.9. The predicted molar refractivity (Wildman–Crippen MR) is 73.6 cm³/mol. The topological polar surface area (TPSA) is 28.2 Å². The van der Waals surface area contributed by atoms with Gasteiger partial charge in [0.05, 0.1) is 0 Å². The van der Waals surface area contributed by atoms with Crippen LogP contribution >= 0.6 is 0 Å². The molecule has 0 radical (unpaired) electrons. The van der Waals surface area contributed by atoms with Crippen molar-refractivity contribution in [3.8, 4) is 0 Å². The average molecular weight is 233 g/mol. The Hall–Kier alpha value is -1.25. The van der Waals surface area contributed by atoms with Crippen LogP contribution in [0.2, 0.25) is 0 Å². The molecule has 94 valence electrons. The number of pyridine rings is 1. The molecule has 3 heteroatoms. The molecule has 3 nitrogen and oxygen atoms in total. The van der Waals surface area contributed by atoms with Gasteiger partial charge in [0.25, 0.3) is 0 Å². The second kappa shape index (κ2) is 5.89. The smallest absolute Gasteiger partial charge is 0.127 e. The summed E-state index contributed by atoms with van der Waals surface area (Å²) in [6.45, 7) is 7.86. The van der Waals surface area contributed by atoms with Crippen LogP contribution in [0.25, 0.3) is 0 Å². The fraction of sp³-hybridized carbons (Fsp3) is 0.643. The van der Waals surface area contributed by atoms with Crippen LogP contribution in [0.3, 0.4) is 0 Å². The van der Waals surface area contributed by atoms with Crippen molar-refractivity contribution in [2.45, 2.75) is 33.1 Å². The van der Waals surface area contributed by atoms with E-state index in [1.807, 2.05) is 6.20 Å². The van der Waals surface area contributed by atoms with E-state index in [9.17, 15) is 0 Å². The van der Waals surface area contributed by atoms with E-state index in [-0.39, 0.29) is 0 Å². The number of aromatic nitrogens is 1. The van der Waals surface area contributed by atoms with E-state index in [0.29, 0.717) is 0 Å². The van der Waals surface area contributed by atoms with Gasteiger partial charge < -0.3 is 10.2 Å². The summed E-state index contributed by atoms with van der Waals surface area (Å²) in [5.41, 5.74) is 1.31. The largest absolute Gasteiger partial charge is 0.371 e. The third-order valence-electron chi connectivity index (χ3n) is 3.32. The van der Waals surface area contributed by atoms with Gasteiger partial charge in [-0.05, 0) is 31.2 Å². The Balaban J connectivity index is 2.04. The minimum atomic E-state index is 0.809. The van der Waals surface area contributed by atoms with Crippen molar-refractivity contribution in [3.05, 3.63) is 18.3 Å². The molecule has 2 rings (SSSR count). The second-order valence-corrected chi connectivity index (χ2v) is 5.02. The molecule has 1 aliphatic heterocycles. The van der Waals surface area contributed by atoms with E-state index in [0.717, 1.165) is 24.7 Å². The maximum absolute atomic E-state index is 4.35. The molecule has 0 bridgehead atoms. The lowest BCUT2D eigenvalue weighted by Gasteiger charge is -2.32. The molecule has 2 heterocycles. The number of hydrogen-bond acceptors (Lipinski definition) is 3. The van der Waals surface area contributed by atoms with Gasteiger partial charge in [0.15, 0.2) is 0 Å². The quantitative estimate of drug-likeness (QED) is 0.866. The van der Waals surface area contributed by atoms with Gasteiger partial charge in [-0.1, -0.05) is 13.8 Å². The standard InChI is InChI=1S/C14H23N3/c1-3-7-15-14-10-13(6-8-16-14)17-9-4-5-12(2)11-17/h6,8,10,12H,3-5,7,9,11H2,1-2H3,(H,15,16). The van der Waals surface area contributed by atoms with Crippen molar-refractivity contribution in [2.75, 3.05) is 29.9 Å². The number of hydrogen-bond donors (Lipinski definition) is 1. The molecular weight excluding hydrogens is 210 g/mol. The summed E-state index contributed by atoms with van der Waals surface area (Å²) in [4.78, 5) is 6.83. The Morgan fingerprint density at radius 2 is 2.41 bits per heavy atom. The van der Waals surface area contributed by atoms with E-state index in [1.54, 1.807) is 0 Å². The van der Waals surface area contributed by atoms with Crippen LogP contribution in [-0.2, 0) is 0 Å². The van der Waals surface area contributed by atoms with Gasteiger partial charge in [-0.15, -0.1) is 0 Å². The molecule has 1 saturated heterocycles. The first-order valence-electron chi connectivity index (χ1n) is 6.74. The van der Waals surface area contributed by atoms with E-state index in [4.69, 9.17) is 0 Å². The molecule has 0 spiro atoms. The van der Waals surface area contributed by atoms with Gasteiger partial charge in [-0.3, -0.25) is 0 Å². The lowest BCUT2D eigenvalue weighted by atomic mass is 10.00. The minimum absolute atomic E-state index is 0.809. The van der Waals surface area contributed by atoms with Crippen LogP contribution in [0, 0.1) is 5.92 Å². The number of nitrogens with one attached hydrogen (secondary N) is 1. The van der Waals surface area contributed by atoms with Gasteiger partial charge in [-0.2, -0.15) is 0 Å². The van der Waals surface area contributed by atoms with Crippen molar-refractivity contribution >= 4 is 11.5 Å². The molecule has 17 heavy (non-hydrogen) atoms. The first-order chi connectivity index (χ1) is 8.29. The van der Waals surface area contributed by atoms with Gasteiger partial charge in [0, 0.05) is 37.6 Å². The zero-order valence-corrected chi connectivity index (χ0v) is 10.9. The van der Waals surface area contributed by atoms with Crippen molar-refractivity contribution < 1.29 is 0 Å². The third kappa shape index (κ3) is 3.35. The maximum atomic E-state index is 4.35. The average Bonchev–Trinajstić information content (AvgIpc) is 2.37. The van der Waals surface area contributed by atoms with Crippen molar-refractivity contribution in [2.24, 2.45) is 5.92 Å². The van der Waals surface area contributed by atoms with Crippen LogP contribution in [0.4, 0.5) is 11.5 Å². The Labute approximate surface area is 104 Å². The van der Waals surface area contributed by atoms with E-state index < -0.39 is 0 Å². The normalized spacial score (nSPS) is 20.4. The van der Waals surface area contributed by atoms with Crippen LogP contribution < -0.4 is 10.2 Å². The maximum Gasteiger partial charge on any atom is 0.127 e. The molecule has 0 aliphatic carbocycles. The number of rotatable bonds is 4. The molecule has 0 saturated carbocycles. The van der Waals surface area contributed by atoms with Crippen LogP contribution in [0.5, 0.6) is 0 Å². The molecule has 0 aromatic carbocycles. The van der Waals surface area contributed by atoms with Crippen molar-refractivity contribution in [3.63, 3.8) is 0 Å². The Bertz CT molecular complexity index is 351. The van der Waals surface area contributed by atoms with E-state index >= 15 is 0 Å².